The Hall–Kier alpha value is -2.90. The summed E-state index contributed by atoms with van der Waals surface area (Å²) in [5.74, 6) is -0.313. The van der Waals surface area contributed by atoms with Gasteiger partial charge in [0, 0.05) is 14.1 Å². The summed E-state index contributed by atoms with van der Waals surface area (Å²) >= 11 is 0. The van der Waals surface area contributed by atoms with E-state index in [0.717, 1.165) is 9.87 Å². The number of nitrogens with zero attached hydrogens (tertiary/aromatic N) is 3. The van der Waals surface area contributed by atoms with Crippen LogP contribution in [0.3, 0.4) is 0 Å². The number of phenols is 1. The lowest BCUT2D eigenvalue weighted by Crippen LogP contribution is -2.33. The van der Waals surface area contributed by atoms with Gasteiger partial charge in [-0.15, -0.1) is 8.80 Å². The molecule has 1 aliphatic rings. The smallest absolute Gasteiger partial charge is 0.367 e. The molecule has 0 saturated carbocycles. The second kappa shape index (κ2) is 7.50. The minimum atomic E-state index is -4.12. The number of furan rings is 1. The highest BCUT2D eigenvalue weighted by Gasteiger charge is 2.27. The number of hydrogen-bond donors (Lipinski definition) is 3. The SMILES string of the molecule is Cc1coc(CNC2=NS(=O)(=O)N=C2Nc2cccc(S(=O)(=O)N(C)C)c2O)c1. The fourth-order valence-corrected chi connectivity index (χ4v) is 4.23. The lowest BCUT2D eigenvalue weighted by Gasteiger charge is -2.15. The molecule has 0 aliphatic carbocycles. The van der Waals surface area contributed by atoms with Crippen LogP contribution in [0.1, 0.15) is 11.3 Å². The Morgan fingerprint density at radius 3 is 2.52 bits per heavy atom. The van der Waals surface area contributed by atoms with Gasteiger partial charge < -0.3 is 20.2 Å². The molecule has 0 spiro atoms. The molecular formula is C16H19N5O6S2. The van der Waals surface area contributed by atoms with Crippen LogP contribution in [0.2, 0.25) is 0 Å². The van der Waals surface area contributed by atoms with Crippen LogP contribution in [0.25, 0.3) is 0 Å². The molecule has 0 saturated heterocycles. The molecule has 0 unspecified atom stereocenters. The molecule has 0 fully saturated rings. The average molecular weight is 441 g/mol. The quantitative estimate of drug-likeness (QED) is 0.576. The number of benzene rings is 1. The minimum absolute atomic E-state index is 0.0490. The van der Waals surface area contributed by atoms with Gasteiger partial charge in [0.2, 0.25) is 10.0 Å². The first kappa shape index (κ1) is 20.8. The second-order valence-corrected chi connectivity index (χ2v) is 9.72. The van der Waals surface area contributed by atoms with Crippen LogP contribution in [0, 0.1) is 6.92 Å². The van der Waals surface area contributed by atoms with Gasteiger partial charge in [0.1, 0.15) is 10.7 Å². The van der Waals surface area contributed by atoms with E-state index in [0.29, 0.717) is 5.76 Å². The fraction of sp³-hybridized carbons (Fsp3) is 0.250. The number of phenolic OH excluding ortho intramolecular Hbond substituents is 1. The number of para-hydroxylation sites is 1. The molecule has 2 heterocycles. The molecule has 0 bridgehead atoms. The summed E-state index contributed by atoms with van der Waals surface area (Å²) in [5, 5.41) is 15.8. The van der Waals surface area contributed by atoms with E-state index in [4.69, 9.17) is 4.42 Å². The monoisotopic (exact) mass is 441 g/mol. The van der Waals surface area contributed by atoms with Crippen LogP contribution < -0.4 is 10.6 Å². The Labute approximate surface area is 168 Å². The molecule has 1 aromatic carbocycles. The van der Waals surface area contributed by atoms with Crippen LogP contribution >= 0.6 is 0 Å². The van der Waals surface area contributed by atoms with Gasteiger partial charge in [0.15, 0.2) is 17.4 Å². The highest BCUT2D eigenvalue weighted by atomic mass is 32.2. The van der Waals surface area contributed by atoms with Crippen molar-refractivity contribution in [2.24, 2.45) is 8.80 Å². The number of sulfonamides is 1. The zero-order valence-electron chi connectivity index (χ0n) is 15.7. The Balaban J connectivity index is 1.88. The van der Waals surface area contributed by atoms with E-state index in [2.05, 4.69) is 19.4 Å². The number of nitrogens with one attached hydrogen (secondary N) is 2. The van der Waals surface area contributed by atoms with Crippen LogP contribution in [0.4, 0.5) is 5.69 Å². The van der Waals surface area contributed by atoms with Crippen molar-refractivity contribution in [3.05, 3.63) is 41.9 Å². The lowest BCUT2D eigenvalue weighted by molar-refractivity contribution is 0.455. The zero-order chi connectivity index (χ0) is 21.4. The molecule has 1 aromatic heterocycles. The van der Waals surface area contributed by atoms with Gasteiger partial charge in [-0.3, -0.25) is 0 Å². The predicted octanol–water partition coefficient (Wildman–Crippen LogP) is 0.801. The number of aryl methyl sites for hydroxylation is 1. The third-order valence-corrected chi connectivity index (χ3v) is 6.54. The van der Waals surface area contributed by atoms with Crippen molar-refractivity contribution in [1.82, 2.24) is 9.62 Å². The van der Waals surface area contributed by atoms with E-state index in [1.54, 1.807) is 12.3 Å². The summed E-state index contributed by atoms with van der Waals surface area (Å²) in [6.07, 6.45) is 1.55. The first-order valence-corrected chi connectivity index (χ1v) is 11.1. The minimum Gasteiger partial charge on any atom is -0.504 e. The molecule has 0 radical (unpaired) electrons. The van der Waals surface area contributed by atoms with Gasteiger partial charge in [-0.1, -0.05) is 6.07 Å². The topological polar surface area (TPSA) is 154 Å². The normalized spacial score (nSPS) is 15.9. The molecule has 1 aliphatic heterocycles. The number of amidine groups is 2. The Morgan fingerprint density at radius 1 is 1.21 bits per heavy atom. The van der Waals surface area contributed by atoms with Gasteiger partial charge >= 0.3 is 10.2 Å². The van der Waals surface area contributed by atoms with E-state index in [9.17, 15) is 21.9 Å². The first-order chi connectivity index (χ1) is 13.5. The van der Waals surface area contributed by atoms with Gasteiger partial charge in [0.25, 0.3) is 0 Å². The number of anilines is 1. The fourth-order valence-electron chi connectivity index (χ4n) is 2.45. The maximum absolute atomic E-state index is 12.3. The molecular weight excluding hydrogens is 422 g/mol. The summed E-state index contributed by atoms with van der Waals surface area (Å²) < 4.78 is 61.5. The van der Waals surface area contributed by atoms with Crippen molar-refractivity contribution in [2.75, 3.05) is 19.4 Å². The van der Waals surface area contributed by atoms with Crippen molar-refractivity contribution in [3.63, 3.8) is 0 Å². The number of aromatic hydroxyl groups is 1. The zero-order valence-corrected chi connectivity index (χ0v) is 17.4. The summed E-state index contributed by atoms with van der Waals surface area (Å²) in [7, 11) is -5.38. The molecule has 3 N–H and O–H groups in total. The maximum atomic E-state index is 12.3. The molecule has 156 valence electrons. The van der Waals surface area contributed by atoms with Crippen molar-refractivity contribution in [2.45, 2.75) is 18.4 Å². The van der Waals surface area contributed by atoms with Gasteiger partial charge in [-0.05, 0) is 30.7 Å². The van der Waals surface area contributed by atoms with E-state index in [-0.39, 0.29) is 28.8 Å². The average Bonchev–Trinajstić information content (AvgIpc) is 3.16. The maximum Gasteiger partial charge on any atom is 0.367 e. The first-order valence-electron chi connectivity index (χ1n) is 8.24. The van der Waals surface area contributed by atoms with Crippen LogP contribution in [0.5, 0.6) is 5.75 Å². The summed E-state index contributed by atoms with van der Waals surface area (Å²) in [6.45, 7) is 1.99. The number of rotatable bonds is 5. The molecule has 3 rings (SSSR count). The summed E-state index contributed by atoms with van der Waals surface area (Å²) in [4.78, 5) is -0.341. The highest BCUT2D eigenvalue weighted by molar-refractivity contribution is 7.89. The molecule has 29 heavy (non-hydrogen) atoms. The third-order valence-electron chi connectivity index (χ3n) is 3.86. The van der Waals surface area contributed by atoms with Gasteiger partial charge in [-0.25, -0.2) is 12.7 Å². The second-order valence-electron chi connectivity index (χ2n) is 6.34. The molecule has 11 nitrogen and oxygen atoms in total. The predicted molar refractivity (Wildman–Crippen MR) is 107 cm³/mol. The Kier molecular flexibility index (Phi) is 5.38. The van der Waals surface area contributed by atoms with Gasteiger partial charge in [-0.2, -0.15) is 8.42 Å². The summed E-state index contributed by atoms with van der Waals surface area (Å²) in [5.41, 5.74) is 0.853. The van der Waals surface area contributed by atoms with Crippen LogP contribution in [-0.2, 0) is 26.8 Å². The van der Waals surface area contributed by atoms with Crippen LogP contribution in [0.15, 0.2) is 48.6 Å². The summed E-state index contributed by atoms with van der Waals surface area (Å²) in [6, 6.07) is 5.78. The third kappa shape index (κ3) is 4.41. The highest BCUT2D eigenvalue weighted by Crippen LogP contribution is 2.32. The van der Waals surface area contributed by atoms with Crippen LogP contribution in [-0.4, -0.2) is 52.0 Å². The van der Waals surface area contributed by atoms with Gasteiger partial charge in [0.05, 0.1) is 18.5 Å². The molecule has 13 heteroatoms. The lowest BCUT2D eigenvalue weighted by atomic mass is 10.3. The largest absolute Gasteiger partial charge is 0.504 e. The van der Waals surface area contributed by atoms with E-state index in [1.165, 1.54) is 32.3 Å². The van der Waals surface area contributed by atoms with Crippen molar-refractivity contribution in [3.8, 4) is 5.75 Å². The molecule has 0 atom stereocenters. The van der Waals surface area contributed by atoms with Crippen molar-refractivity contribution in [1.29, 1.82) is 0 Å². The van der Waals surface area contributed by atoms with E-state index in [1.807, 2.05) is 6.92 Å². The standard InChI is InChI=1S/C16H19N5O6S2/c1-10-7-11(27-9-10)8-17-15-16(20-29(25,26)19-15)18-12-5-4-6-13(14(12)22)28(23,24)21(2)3/h4-7,9,22H,8H2,1-3H3,(H,17,19)(H,18,20). The molecule has 2 aromatic rings. The van der Waals surface area contributed by atoms with E-state index >= 15 is 0 Å². The Morgan fingerprint density at radius 2 is 1.90 bits per heavy atom. The van der Waals surface area contributed by atoms with E-state index < -0.39 is 26.0 Å². The Bertz CT molecular complexity index is 1210. The number of hydrogen-bond acceptors (Lipinski definition) is 8. The van der Waals surface area contributed by atoms with Crippen molar-refractivity contribution < 1.29 is 26.4 Å². The van der Waals surface area contributed by atoms with Crippen molar-refractivity contribution >= 4 is 37.6 Å². The molecule has 0 amide bonds.